The second-order valence-corrected chi connectivity index (χ2v) is 3.99. The van der Waals surface area contributed by atoms with Crippen molar-refractivity contribution in [3.8, 4) is 0 Å². The second-order valence-electron chi connectivity index (χ2n) is 3.99. The average Bonchev–Trinajstić information content (AvgIpc) is 2.76. The first kappa shape index (κ1) is 12.3. The predicted molar refractivity (Wildman–Crippen MR) is 65.9 cm³/mol. The Kier molecular flexibility index (Phi) is 4.06. The van der Waals surface area contributed by atoms with E-state index in [9.17, 15) is 4.79 Å². The molecule has 5 heteroatoms. The first-order valence-electron chi connectivity index (χ1n) is 5.84. The monoisotopic (exact) mass is 245 g/mol. The van der Waals surface area contributed by atoms with Crippen molar-refractivity contribution in [3.63, 3.8) is 0 Å². The van der Waals surface area contributed by atoms with Crippen LogP contribution in [-0.4, -0.2) is 22.6 Å². The first-order chi connectivity index (χ1) is 8.74. The molecular weight excluding hydrogens is 230 g/mol. The van der Waals surface area contributed by atoms with Crippen LogP contribution in [0, 0.1) is 6.92 Å². The van der Waals surface area contributed by atoms with Gasteiger partial charge in [-0.05, 0) is 12.0 Å². The SMILES string of the molecule is Cc1nc(CC(=O)NCCc2ccccc2)no1. The number of carbonyl (C=O) groups is 1. The van der Waals surface area contributed by atoms with Gasteiger partial charge in [0, 0.05) is 13.5 Å². The number of aryl methyl sites for hydroxylation is 1. The van der Waals surface area contributed by atoms with Gasteiger partial charge in [-0.25, -0.2) is 0 Å². The quantitative estimate of drug-likeness (QED) is 0.861. The number of nitrogens with one attached hydrogen (secondary N) is 1. The maximum atomic E-state index is 11.6. The van der Waals surface area contributed by atoms with Gasteiger partial charge in [-0.3, -0.25) is 4.79 Å². The summed E-state index contributed by atoms with van der Waals surface area (Å²) < 4.78 is 4.80. The fourth-order valence-electron chi connectivity index (χ4n) is 1.61. The molecule has 0 aliphatic heterocycles. The summed E-state index contributed by atoms with van der Waals surface area (Å²) in [4.78, 5) is 15.6. The molecule has 0 fully saturated rings. The Balaban J connectivity index is 1.72. The highest BCUT2D eigenvalue weighted by molar-refractivity contribution is 5.77. The fraction of sp³-hybridized carbons (Fsp3) is 0.308. The highest BCUT2D eigenvalue weighted by Crippen LogP contribution is 1.99. The number of rotatable bonds is 5. The zero-order chi connectivity index (χ0) is 12.8. The van der Waals surface area contributed by atoms with Crippen LogP contribution in [0.15, 0.2) is 34.9 Å². The Morgan fingerprint density at radius 2 is 2.11 bits per heavy atom. The zero-order valence-electron chi connectivity index (χ0n) is 10.2. The molecule has 1 amide bonds. The van der Waals surface area contributed by atoms with Crippen LogP contribution in [0.3, 0.4) is 0 Å². The van der Waals surface area contributed by atoms with Crippen LogP contribution in [0.5, 0.6) is 0 Å². The van der Waals surface area contributed by atoms with Crippen molar-refractivity contribution < 1.29 is 9.32 Å². The van der Waals surface area contributed by atoms with Gasteiger partial charge in [0.25, 0.3) is 0 Å². The van der Waals surface area contributed by atoms with E-state index >= 15 is 0 Å². The summed E-state index contributed by atoms with van der Waals surface area (Å²) in [5.41, 5.74) is 1.20. The number of hydrogen-bond donors (Lipinski definition) is 1. The van der Waals surface area contributed by atoms with Crippen LogP contribution in [-0.2, 0) is 17.6 Å². The molecule has 2 aromatic rings. The van der Waals surface area contributed by atoms with Crippen molar-refractivity contribution >= 4 is 5.91 Å². The topological polar surface area (TPSA) is 68.0 Å². The van der Waals surface area contributed by atoms with Gasteiger partial charge >= 0.3 is 0 Å². The van der Waals surface area contributed by atoms with Gasteiger partial charge in [-0.2, -0.15) is 4.98 Å². The number of carbonyl (C=O) groups excluding carboxylic acids is 1. The second kappa shape index (κ2) is 5.95. The minimum absolute atomic E-state index is 0.0910. The maximum absolute atomic E-state index is 11.6. The molecule has 1 aromatic carbocycles. The van der Waals surface area contributed by atoms with Crippen molar-refractivity contribution in [2.24, 2.45) is 0 Å². The Morgan fingerprint density at radius 3 is 2.78 bits per heavy atom. The molecule has 94 valence electrons. The molecule has 2 rings (SSSR count). The van der Waals surface area contributed by atoms with E-state index in [1.807, 2.05) is 30.3 Å². The summed E-state index contributed by atoms with van der Waals surface area (Å²) in [5, 5.41) is 6.50. The molecule has 0 saturated heterocycles. The third-order valence-electron chi connectivity index (χ3n) is 2.47. The molecule has 1 aromatic heterocycles. The molecule has 0 saturated carbocycles. The number of nitrogens with zero attached hydrogens (tertiary/aromatic N) is 2. The standard InChI is InChI=1S/C13H15N3O2/c1-10-15-12(16-18-10)9-13(17)14-8-7-11-5-3-2-4-6-11/h2-6H,7-9H2,1H3,(H,14,17). The van der Waals surface area contributed by atoms with Gasteiger partial charge in [0.15, 0.2) is 5.82 Å². The number of amides is 1. The van der Waals surface area contributed by atoms with E-state index in [4.69, 9.17) is 4.52 Å². The largest absolute Gasteiger partial charge is 0.355 e. The molecule has 0 spiro atoms. The van der Waals surface area contributed by atoms with Crippen LogP contribution in [0.4, 0.5) is 0 Å². The van der Waals surface area contributed by atoms with E-state index in [0.717, 1.165) is 6.42 Å². The first-order valence-corrected chi connectivity index (χ1v) is 5.84. The summed E-state index contributed by atoms with van der Waals surface area (Å²) in [6.07, 6.45) is 0.976. The summed E-state index contributed by atoms with van der Waals surface area (Å²) in [5.74, 6) is 0.804. The van der Waals surface area contributed by atoms with Gasteiger partial charge in [0.2, 0.25) is 11.8 Å². The normalized spacial score (nSPS) is 10.3. The molecule has 0 aliphatic carbocycles. The zero-order valence-corrected chi connectivity index (χ0v) is 10.2. The van der Waals surface area contributed by atoms with E-state index in [2.05, 4.69) is 15.5 Å². The minimum atomic E-state index is -0.0910. The molecule has 0 unspecified atom stereocenters. The molecule has 0 aliphatic rings. The van der Waals surface area contributed by atoms with E-state index in [1.54, 1.807) is 6.92 Å². The van der Waals surface area contributed by atoms with E-state index in [0.29, 0.717) is 18.3 Å². The number of aromatic nitrogens is 2. The summed E-state index contributed by atoms with van der Waals surface area (Å²) >= 11 is 0. The molecule has 1 heterocycles. The lowest BCUT2D eigenvalue weighted by molar-refractivity contribution is -0.120. The third-order valence-corrected chi connectivity index (χ3v) is 2.47. The van der Waals surface area contributed by atoms with Crippen molar-refractivity contribution in [1.82, 2.24) is 15.5 Å². The fourth-order valence-corrected chi connectivity index (χ4v) is 1.61. The Hall–Kier alpha value is -2.17. The summed E-state index contributed by atoms with van der Waals surface area (Å²) in [6.45, 7) is 2.31. The van der Waals surface area contributed by atoms with Crippen molar-refractivity contribution in [2.75, 3.05) is 6.54 Å². The summed E-state index contributed by atoms with van der Waals surface area (Å²) in [7, 11) is 0. The van der Waals surface area contributed by atoms with E-state index < -0.39 is 0 Å². The van der Waals surface area contributed by atoms with Crippen LogP contribution in [0.25, 0.3) is 0 Å². The lowest BCUT2D eigenvalue weighted by Gasteiger charge is -2.03. The maximum Gasteiger partial charge on any atom is 0.227 e. The Morgan fingerprint density at radius 1 is 1.33 bits per heavy atom. The number of hydrogen-bond acceptors (Lipinski definition) is 4. The summed E-state index contributed by atoms with van der Waals surface area (Å²) in [6, 6.07) is 10.0. The van der Waals surface area contributed by atoms with Gasteiger partial charge in [0.1, 0.15) is 0 Å². The van der Waals surface area contributed by atoms with Crippen LogP contribution >= 0.6 is 0 Å². The molecular formula is C13H15N3O2. The van der Waals surface area contributed by atoms with Gasteiger partial charge < -0.3 is 9.84 Å². The molecule has 0 radical (unpaired) electrons. The van der Waals surface area contributed by atoms with Crippen molar-refractivity contribution in [1.29, 1.82) is 0 Å². The average molecular weight is 245 g/mol. The van der Waals surface area contributed by atoms with Crippen molar-refractivity contribution in [2.45, 2.75) is 19.8 Å². The van der Waals surface area contributed by atoms with Gasteiger partial charge in [-0.1, -0.05) is 35.5 Å². The van der Waals surface area contributed by atoms with Crippen LogP contribution in [0.2, 0.25) is 0 Å². The molecule has 18 heavy (non-hydrogen) atoms. The highest BCUT2D eigenvalue weighted by Gasteiger charge is 2.08. The molecule has 5 nitrogen and oxygen atoms in total. The predicted octanol–water partition coefficient (Wildman–Crippen LogP) is 1.28. The van der Waals surface area contributed by atoms with Gasteiger partial charge in [0.05, 0.1) is 6.42 Å². The molecule has 1 N–H and O–H groups in total. The minimum Gasteiger partial charge on any atom is -0.355 e. The highest BCUT2D eigenvalue weighted by atomic mass is 16.5. The van der Waals surface area contributed by atoms with Crippen LogP contribution in [0.1, 0.15) is 17.3 Å². The Bertz CT molecular complexity index is 508. The van der Waals surface area contributed by atoms with E-state index in [-0.39, 0.29) is 12.3 Å². The Labute approximate surface area is 105 Å². The van der Waals surface area contributed by atoms with Crippen LogP contribution < -0.4 is 5.32 Å². The smallest absolute Gasteiger partial charge is 0.227 e. The molecule has 0 bridgehead atoms. The molecule has 0 atom stereocenters. The third kappa shape index (κ3) is 3.69. The number of benzene rings is 1. The van der Waals surface area contributed by atoms with Gasteiger partial charge in [-0.15, -0.1) is 0 Å². The lowest BCUT2D eigenvalue weighted by Crippen LogP contribution is -2.27. The van der Waals surface area contributed by atoms with E-state index in [1.165, 1.54) is 5.56 Å². The lowest BCUT2D eigenvalue weighted by atomic mass is 10.1. The van der Waals surface area contributed by atoms with Crippen molar-refractivity contribution in [3.05, 3.63) is 47.6 Å².